The predicted molar refractivity (Wildman–Crippen MR) is 56.1 cm³/mol. The van der Waals surface area contributed by atoms with Gasteiger partial charge >= 0.3 is 5.97 Å². The van der Waals surface area contributed by atoms with Gasteiger partial charge in [0.25, 0.3) is 0 Å². The highest BCUT2D eigenvalue weighted by Gasteiger charge is 2.33. The van der Waals surface area contributed by atoms with Crippen molar-refractivity contribution in [1.29, 1.82) is 0 Å². The van der Waals surface area contributed by atoms with Gasteiger partial charge in [-0.05, 0) is 39.8 Å². The first-order valence-electron chi connectivity index (χ1n) is 5.50. The summed E-state index contributed by atoms with van der Waals surface area (Å²) in [6.07, 6.45) is 4.85. The van der Waals surface area contributed by atoms with E-state index in [4.69, 9.17) is 4.74 Å². The summed E-state index contributed by atoms with van der Waals surface area (Å²) in [5.74, 6) is 0.452. The van der Waals surface area contributed by atoms with Crippen molar-refractivity contribution in [1.82, 2.24) is 4.90 Å². The van der Waals surface area contributed by atoms with Crippen LogP contribution in [0.3, 0.4) is 0 Å². The Morgan fingerprint density at radius 2 is 2.00 bits per heavy atom. The molecule has 1 fully saturated rings. The van der Waals surface area contributed by atoms with Crippen LogP contribution in [0.1, 0.15) is 32.6 Å². The summed E-state index contributed by atoms with van der Waals surface area (Å²) >= 11 is 0. The SMILES string of the molecule is CCOC(=O)C(C1CCCC1)N(C)C. The van der Waals surface area contributed by atoms with Crippen LogP contribution in [0.5, 0.6) is 0 Å². The number of likely N-dealkylation sites (N-methyl/N-ethyl adjacent to an activating group) is 1. The predicted octanol–water partition coefficient (Wildman–Crippen LogP) is 1.67. The van der Waals surface area contributed by atoms with Crippen LogP contribution in [0, 0.1) is 5.92 Å². The molecule has 14 heavy (non-hydrogen) atoms. The van der Waals surface area contributed by atoms with Gasteiger partial charge in [-0.1, -0.05) is 12.8 Å². The van der Waals surface area contributed by atoms with E-state index in [2.05, 4.69) is 0 Å². The molecule has 3 heteroatoms. The molecule has 0 bridgehead atoms. The quantitative estimate of drug-likeness (QED) is 0.645. The molecule has 0 aromatic rings. The van der Waals surface area contributed by atoms with Gasteiger partial charge in [-0.15, -0.1) is 0 Å². The summed E-state index contributed by atoms with van der Waals surface area (Å²) < 4.78 is 5.10. The molecule has 3 nitrogen and oxygen atoms in total. The summed E-state index contributed by atoms with van der Waals surface area (Å²) in [5.41, 5.74) is 0. The van der Waals surface area contributed by atoms with Crippen molar-refractivity contribution in [3.05, 3.63) is 0 Å². The van der Waals surface area contributed by atoms with Gasteiger partial charge < -0.3 is 4.74 Å². The first-order valence-corrected chi connectivity index (χ1v) is 5.50. The van der Waals surface area contributed by atoms with E-state index in [0.29, 0.717) is 12.5 Å². The lowest BCUT2D eigenvalue weighted by Gasteiger charge is -2.27. The fourth-order valence-electron chi connectivity index (χ4n) is 2.33. The lowest BCUT2D eigenvalue weighted by Crippen LogP contribution is -2.42. The number of esters is 1. The van der Waals surface area contributed by atoms with Gasteiger partial charge in [0.15, 0.2) is 0 Å². The van der Waals surface area contributed by atoms with Crippen molar-refractivity contribution < 1.29 is 9.53 Å². The van der Waals surface area contributed by atoms with Gasteiger partial charge in [0, 0.05) is 0 Å². The maximum absolute atomic E-state index is 11.7. The Morgan fingerprint density at radius 1 is 1.43 bits per heavy atom. The second-order valence-corrected chi connectivity index (χ2v) is 4.21. The highest BCUT2D eigenvalue weighted by atomic mass is 16.5. The van der Waals surface area contributed by atoms with E-state index >= 15 is 0 Å². The Bertz CT molecular complexity index is 186. The summed E-state index contributed by atoms with van der Waals surface area (Å²) in [6, 6.07) is -0.0301. The largest absolute Gasteiger partial charge is 0.465 e. The molecule has 1 saturated carbocycles. The highest BCUT2D eigenvalue weighted by Crippen LogP contribution is 2.30. The zero-order valence-corrected chi connectivity index (χ0v) is 9.45. The van der Waals surface area contributed by atoms with Gasteiger partial charge in [-0.2, -0.15) is 0 Å². The van der Waals surface area contributed by atoms with Crippen molar-refractivity contribution in [2.45, 2.75) is 38.6 Å². The molecular weight excluding hydrogens is 178 g/mol. The number of carbonyl (C=O) groups excluding carboxylic acids is 1. The molecule has 1 unspecified atom stereocenters. The van der Waals surface area contributed by atoms with Crippen LogP contribution in [0.25, 0.3) is 0 Å². The number of nitrogens with zero attached hydrogens (tertiary/aromatic N) is 1. The summed E-state index contributed by atoms with van der Waals surface area (Å²) in [7, 11) is 3.92. The maximum Gasteiger partial charge on any atom is 0.323 e. The molecule has 0 aromatic heterocycles. The fourth-order valence-corrected chi connectivity index (χ4v) is 2.33. The van der Waals surface area contributed by atoms with Gasteiger partial charge in [-0.25, -0.2) is 0 Å². The van der Waals surface area contributed by atoms with Crippen LogP contribution in [-0.2, 0) is 9.53 Å². The van der Waals surface area contributed by atoms with E-state index in [1.807, 2.05) is 25.9 Å². The third-order valence-electron chi connectivity index (χ3n) is 2.93. The minimum Gasteiger partial charge on any atom is -0.465 e. The maximum atomic E-state index is 11.7. The Labute approximate surface area is 86.4 Å². The number of hydrogen-bond acceptors (Lipinski definition) is 3. The average molecular weight is 199 g/mol. The second kappa shape index (κ2) is 5.35. The highest BCUT2D eigenvalue weighted by molar-refractivity contribution is 5.76. The molecule has 0 aliphatic heterocycles. The number of rotatable bonds is 4. The summed E-state index contributed by atoms with van der Waals surface area (Å²) in [6.45, 7) is 2.34. The Kier molecular flexibility index (Phi) is 4.39. The van der Waals surface area contributed by atoms with Gasteiger partial charge in [0.2, 0.25) is 0 Å². The molecule has 0 amide bonds. The van der Waals surface area contributed by atoms with E-state index < -0.39 is 0 Å². The Hall–Kier alpha value is -0.570. The van der Waals surface area contributed by atoms with Crippen molar-refractivity contribution >= 4 is 5.97 Å². The van der Waals surface area contributed by atoms with Crippen LogP contribution in [0.4, 0.5) is 0 Å². The first kappa shape index (κ1) is 11.5. The van der Waals surface area contributed by atoms with Gasteiger partial charge in [-0.3, -0.25) is 9.69 Å². The monoisotopic (exact) mass is 199 g/mol. The molecule has 0 spiro atoms. The molecule has 1 aliphatic rings. The van der Waals surface area contributed by atoms with Crippen LogP contribution < -0.4 is 0 Å². The van der Waals surface area contributed by atoms with E-state index in [9.17, 15) is 4.79 Å². The van der Waals surface area contributed by atoms with Gasteiger partial charge in [0.05, 0.1) is 6.61 Å². The molecule has 1 rings (SSSR count). The minimum absolute atomic E-state index is 0.0301. The normalized spacial score (nSPS) is 20.0. The lowest BCUT2D eigenvalue weighted by molar-refractivity contribution is -0.150. The zero-order chi connectivity index (χ0) is 10.6. The molecule has 0 aromatic carbocycles. The molecular formula is C11H21NO2. The van der Waals surface area contributed by atoms with Crippen LogP contribution in [-0.4, -0.2) is 37.6 Å². The molecule has 0 heterocycles. The molecule has 1 atom stereocenters. The Morgan fingerprint density at radius 3 is 2.43 bits per heavy atom. The first-order chi connectivity index (χ1) is 6.66. The second-order valence-electron chi connectivity index (χ2n) is 4.21. The third-order valence-corrected chi connectivity index (χ3v) is 2.93. The lowest BCUT2D eigenvalue weighted by atomic mass is 9.97. The van der Waals surface area contributed by atoms with Crippen molar-refractivity contribution in [2.75, 3.05) is 20.7 Å². The van der Waals surface area contributed by atoms with E-state index in [1.165, 1.54) is 25.7 Å². The number of hydrogen-bond donors (Lipinski definition) is 0. The zero-order valence-electron chi connectivity index (χ0n) is 9.45. The third kappa shape index (κ3) is 2.71. The van der Waals surface area contributed by atoms with Crippen LogP contribution in [0.2, 0.25) is 0 Å². The summed E-state index contributed by atoms with van der Waals surface area (Å²) in [5, 5.41) is 0. The molecule has 0 saturated heterocycles. The molecule has 0 radical (unpaired) electrons. The molecule has 82 valence electrons. The smallest absolute Gasteiger partial charge is 0.323 e. The Balaban J connectivity index is 2.57. The van der Waals surface area contributed by atoms with E-state index in [1.54, 1.807) is 0 Å². The average Bonchev–Trinajstić information content (AvgIpc) is 2.57. The van der Waals surface area contributed by atoms with Crippen molar-refractivity contribution in [3.63, 3.8) is 0 Å². The van der Waals surface area contributed by atoms with E-state index in [0.717, 1.165) is 0 Å². The molecule has 1 aliphatic carbocycles. The summed E-state index contributed by atoms with van der Waals surface area (Å²) in [4.78, 5) is 13.7. The van der Waals surface area contributed by atoms with Crippen molar-refractivity contribution in [2.24, 2.45) is 5.92 Å². The van der Waals surface area contributed by atoms with Crippen LogP contribution in [0.15, 0.2) is 0 Å². The van der Waals surface area contributed by atoms with Crippen LogP contribution >= 0.6 is 0 Å². The number of carbonyl (C=O) groups is 1. The topological polar surface area (TPSA) is 29.5 Å². The fraction of sp³-hybridized carbons (Fsp3) is 0.909. The standard InChI is InChI=1S/C11H21NO2/c1-4-14-11(13)10(12(2)3)9-7-5-6-8-9/h9-10H,4-8H2,1-3H3. The molecule has 0 N–H and O–H groups in total. The number of ether oxygens (including phenoxy) is 1. The minimum atomic E-state index is -0.0515. The van der Waals surface area contributed by atoms with Crippen molar-refractivity contribution in [3.8, 4) is 0 Å². The van der Waals surface area contributed by atoms with E-state index in [-0.39, 0.29) is 12.0 Å². The van der Waals surface area contributed by atoms with Gasteiger partial charge in [0.1, 0.15) is 6.04 Å².